The molecule has 0 aromatic heterocycles. The molecule has 0 bridgehead atoms. The van der Waals surface area contributed by atoms with Gasteiger partial charge in [-0.1, -0.05) is 30.3 Å². The van der Waals surface area contributed by atoms with Crippen LogP contribution in [0.5, 0.6) is 0 Å². The van der Waals surface area contributed by atoms with Crippen LogP contribution in [0.3, 0.4) is 0 Å². The minimum Gasteiger partial charge on any atom is -0.475 e. The Morgan fingerprint density at radius 1 is 1.13 bits per heavy atom. The van der Waals surface area contributed by atoms with Crippen LogP contribution in [0.2, 0.25) is 0 Å². The molecule has 0 fully saturated rings. The van der Waals surface area contributed by atoms with Crippen molar-refractivity contribution < 1.29 is 8.95 Å². The summed E-state index contributed by atoms with van der Waals surface area (Å²) in [5.74, 6) is 0.605. The first-order chi connectivity index (χ1) is 10.7. The molecule has 1 aliphatic heterocycles. The summed E-state index contributed by atoms with van der Waals surface area (Å²) in [6.07, 6.45) is 0. The molecule has 1 atom stereocenters. The summed E-state index contributed by atoms with van der Waals surface area (Å²) < 4.78 is 18.7. The average Bonchev–Trinajstić information content (AvgIpc) is 2.84. The van der Waals surface area contributed by atoms with Crippen molar-refractivity contribution in [3.8, 4) is 0 Å². The van der Waals surface area contributed by atoms with E-state index in [2.05, 4.69) is 4.99 Å². The van der Waals surface area contributed by atoms with Crippen molar-refractivity contribution in [2.24, 2.45) is 4.99 Å². The molecular formula is C19H23NO2S. The summed E-state index contributed by atoms with van der Waals surface area (Å²) in [4.78, 5) is 5.51. The highest BCUT2D eigenvalue weighted by Crippen LogP contribution is 2.33. The Bertz CT molecular complexity index is 816. The lowest BCUT2D eigenvalue weighted by molar-refractivity contribution is 0.279. The number of hydrogen-bond acceptors (Lipinski definition) is 3. The Balaban J connectivity index is 2.29. The highest BCUT2D eigenvalue weighted by Gasteiger charge is 2.32. The van der Waals surface area contributed by atoms with E-state index in [0.29, 0.717) is 12.5 Å². The third-order valence-corrected chi connectivity index (χ3v) is 5.74. The van der Waals surface area contributed by atoms with Crippen LogP contribution >= 0.6 is 0 Å². The van der Waals surface area contributed by atoms with E-state index >= 15 is 0 Å². The molecule has 0 spiro atoms. The van der Waals surface area contributed by atoms with Crippen molar-refractivity contribution >= 4 is 27.5 Å². The Morgan fingerprint density at radius 2 is 1.83 bits per heavy atom. The van der Waals surface area contributed by atoms with Gasteiger partial charge in [-0.05, 0) is 51.5 Å². The topological polar surface area (TPSA) is 38.7 Å². The van der Waals surface area contributed by atoms with Crippen LogP contribution in [0, 0.1) is 0 Å². The fourth-order valence-electron chi connectivity index (χ4n) is 2.64. The molecule has 0 saturated heterocycles. The minimum absolute atomic E-state index is 0.235. The molecule has 122 valence electrons. The molecule has 0 N–H and O–H groups in total. The van der Waals surface area contributed by atoms with Crippen molar-refractivity contribution in [1.29, 1.82) is 0 Å². The van der Waals surface area contributed by atoms with Crippen LogP contribution in [-0.4, -0.2) is 27.0 Å². The lowest BCUT2D eigenvalue weighted by Crippen LogP contribution is -2.24. The van der Waals surface area contributed by atoms with Crippen molar-refractivity contribution in [3.05, 3.63) is 42.0 Å². The van der Waals surface area contributed by atoms with Crippen LogP contribution < -0.4 is 0 Å². The highest BCUT2D eigenvalue weighted by atomic mass is 32.2. The van der Waals surface area contributed by atoms with Gasteiger partial charge >= 0.3 is 0 Å². The number of rotatable bonds is 2. The molecule has 2 aromatic carbocycles. The quantitative estimate of drug-likeness (QED) is 0.824. The Labute approximate surface area is 140 Å². The molecule has 0 amide bonds. The predicted molar refractivity (Wildman–Crippen MR) is 96.7 cm³/mol. The number of benzene rings is 2. The molecule has 1 unspecified atom stereocenters. The number of fused-ring (bicyclic) bond motifs is 1. The third-order valence-electron chi connectivity index (χ3n) is 3.82. The van der Waals surface area contributed by atoms with Gasteiger partial charge in [-0.15, -0.1) is 0 Å². The SMILES string of the molecule is CC1(C)COC(c2ccc3ccccc3c2S(=O)C(C)(C)C)=N1. The summed E-state index contributed by atoms with van der Waals surface area (Å²) in [6.45, 7) is 10.6. The number of aliphatic imine (C=N–C) groups is 1. The largest absolute Gasteiger partial charge is 0.475 e. The normalized spacial score (nSPS) is 18.6. The molecule has 2 aromatic rings. The fraction of sp³-hybridized carbons (Fsp3) is 0.421. The molecule has 3 rings (SSSR count). The van der Waals surface area contributed by atoms with Crippen LogP contribution in [0.1, 0.15) is 40.2 Å². The van der Waals surface area contributed by atoms with E-state index in [9.17, 15) is 4.21 Å². The number of hydrogen-bond donors (Lipinski definition) is 0. The second-order valence-electron chi connectivity index (χ2n) is 7.56. The zero-order valence-electron chi connectivity index (χ0n) is 14.3. The fourth-order valence-corrected chi connectivity index (χ4v) is 3.99. The Kier molecular flexibility index (Phi) is 3.83. The van der Waals surface area contributed by atoms with E-state index in [4.69, 9.17) is 4.74 Å². The molecule has 0 aliphatic carbocycles. The zero-order chi connectivity index (χ0) is 16.8. The van der Waals surface area contributed by atoms with Crippen molar-refractivity contribution in [2.75, 3.05) is 6.61 Å². The van der Waals surface area contributed by atoms with Gasteiger partial charge < -0.3 is 4.74 Å². The summed E-state index contributed by atoms with van der Waals surface area (Å²) in [5.41, 5.74) is 0.615. The van der Waals surface area contributed by atoms with Gasteiger partial charge in [0.2, 0.25) is 5.90 Å². The Hall–Kier alpha value is -1.68. The predicted octanol–water partition coefficient (Wildman–Crippen LogP) is 4.30. The first-order valence-electron chi connectivity index (χ1n) is 7.86. The molecule has 23 heavy (non-hydrogen) atoms. The van der Waals surface area contributed by atoms with Crippen LogP contribution in [0.15, 0.2) is 46.3 Å². The first kappa shape index (κ1) is 16.2. The van der Waals surface area contributed by atoms with Gasteiger partial charge in [0.1, 0.15) is 6.61 Å². The zero-order valence-corrected chi connectivity index (χ0v) is 15.2. The lowest BCUT2D eigenvalue weighted by Gasteiger charge is -2.21. The maximum Gasteiger partial charge on any atom is 0.218 e. The van der Waals surface area contributed by atoms with Gasteiger partial charge in [0, 0.05) is 4.75 Å². The molecule has 4 heteroatoms. The summed E-state index contributed by atoms with van der Waals surface area (Å²) in [7, 11) is -1.17. The average molecular weight is 329 g/mol. The van der Waals surface area contributed by atoms with Crippen LogP contribution in [0.25, 0.3) is 10.8 Å². The van der Waals surface area contributed by atoms with Gasteiger partial charge in [-0.3, -0.25) is 4.21 Å². The van der Waals surface area contributed by atoms with Crippen molar-refractivity contribution in [1.82, 2.24) is 0 Å². The molecule has 1 aliphatic rings. The summed E-state index contributed by atoms with van der Waals surface area (Å²) in [5, 5.41) is 2.09. The monoisotopic (exact) mass is 329 g/mol. The Morgan fingerprint density at radius 3 is 2.43 bits per heavy atom. The summed E-state index contributed by atoms with van der Waals surface area (Å²) >= 11 is 0. The van der Waals surface area contributed by atoms with Gasteiger partial charge in [-0.2, -0.15) is 0 Å². The van der Waals surface area contributed by atoms with Crippen molar-refractivity contribution in [3.63, 3.8) is 0 Å². The maximum absolute atomic E-state index is 13.2. The van der Waals surface area contributed by atoms with E-state index in [1.165, 1.54) is 0 Å². The molecule has 0 radical (unpaired) electrons. The van der Waals surface area contributed by atoms with E-state index in [-0.39, 0.29) is 10.3 Å². The second-order valence-corrected chi connectivity index (χ2v) is 9.73. The standard InChI is InChI=1S/C19H23NO2S/c1-18(2,3)23(21)16-14-9-7-6-8-13(14)10-11-15(16)17-20-19(4,5)12-22-17/h6-11H,12H2,1-5H3. The van der Waals surface area contributed by atoms with E-state index in [0.717, 1.165) is 21.2 Å². The highest BCUT2D eigenvalue weighted by molar-refractivity contribution is 7.86. The third kappa shape index (κ3) is 3.05. The minimum atomic E-state index is -1.17. The van der Waals surface area contributed by atoms with Crippen LogP contribution in [0.4, 0.5) is 0 Å². The number of ether oxygens (including phenoxy) is 1. The molecular weight excluding hydrogens is 306 g/mol. The van der Waals surface area contributed by atoms with Gasteiger partial charge in [-0.25, -0.2) is 4.99 Å². The van der Waals surface area contributed by atoms with E-state index in [1.807, 2.05) is 71.0 Å². The summed E-state index contributed by atoms with van der Waals surface area (Å²) in [6, 6.07) is 12.1. The molecule has 1 heterocycles. The van der Waals surface area contributed by atoms with Crippen LogP contribution in [-0.2, 0) is 15.5 Å². The second kappa shape index (κ2) is 5.45. The lowest BCUT2D eigenvalue weighted by atomic mass is 10.1. The van der Waals surface area contributed by atoms with Gasteiger partial charge in [0.05, 0.1) is 26.8 Å². The maximum atomic E-state index is 13.2. The van der Waals surface area contributed by atoms with Gasteiger partial charge in [0.25, 0.3) is 0 Å². The van der Waals surface area contributed by atoms with E-state index in [1.54, 1.807) is 0 Å². The number of nitrogens with zero attached hydrogens (tertiary/aromatic N) is 1. The van der Waals surface area contributed by atoms with Crippen molar-refractivity contribution in [2.45, 2.75) is 49.8 Å². The van der Waals surface area contributed by atoms with Gasteiger partial charge in [0.15, 0.2) is 0 Å². The van der Waals surface area contributed by atoms with E-state index < -0.39 is 10.8 Å². The first-order valence-corrected chi connectivity index (χ1v) is 9.01. The molecule has 3 nitrogen and oxygen atoms in total. The smallest absolute Gasteiger partial charge is 0.218 e. The molecule has 0 saturated carbocycles.